The van der Waals surface area contributed by atoms with Crippen LogP contribution in [0, 0.1) is 12.7 Å². The average Bonchev–Trinajstić information content (AvgIpc) is 2.60. The van der Waals surface area contributed by atoms with Crippen LogP contribution in [0.1, 0.15) is 16.1 Å². The summed E-state index contributed by atoms with van der Waals surface area (Å²) in [6.45, 7) is 1.69. The minimum absolute atomic E-state index is 0.236. The molecular weight excluding hydrogens is 199 g/mol. The molecule has 0 unspecified atom stereocenters. The van der Waals surface area contributed by atoms with Crippen LogP contribution in [0.25, 0.3) is 11.0 Å². The number of halogens is 1. The van der Waals surface area contributed by atoms with Crippen molar-refractivity contribution in [2.24, 2.45) is 0 Å². The van der Waals surface area contributed by atoms with E-state index < -0.39 is 11.8 Å². The van der Waals surface area contributed by atoms with Crippen molar-refractivity contribution in [1.29, 1.82) is 0 Å². The molecule has 1 aromatic heterocycles. The first-order chi connectivity index (χ1) is 7.13. The third-order valence-corrected chi connectivity index (χ3v) is 2.16. The molecule has 1 heterocycles. The molecule has 2 rings (SSSR count). The maximum Gasteiger partial charge on any atom is 0.341 e. The van der Waals surface area contributed by atoms with Gasteiger partial charge in [0.1, 0.15) is 17.1 Å². The summed E-state index contributed by atoms with van der Waals surface area (Å²) in [5.74, 6) is -0.385. The van der Waals surface area contributed by atoms with Gasteiger partial charge < -0.3 is 9.15 Å². The van der Waals surface area contributed by atoms with Crippen LogP contribution in [0.2, 0.25) is 0 Å². The van der Waals surface area contributed by atoms with Crippen LogP contribution in [-0.4, -0.2) is 13.1 Å². The molecule has 4 heteroatoms. The molecule has 0 aliphatic heterocycles. The third-order valence-electron chi connectivity index (χ3n) is 2.16. The fraction of sp³-hybridized carbons (Fsp3) is 0.182. The number of aryl methyl sites for hydroxylation is 1. The molecule has 15 heavy (non-hydrogen) atoms. The van der Waals surface area contributed by atoms with E-state index in [2.05, 4.69) is 4.74 Å². The van der Waals surface area contributed by atoms with Gasteiger partial charge in [0.15, 0.2) is 5.58 Å². The first-order valence-electron chi connectivity index (χ1n) is 4.40. The molecule has 0 spiro atoms. The first kappa shape index (κ1) is 9.71. The van der Waals surface area contributed by atoms with Gasteiger partial charge in [0.05, 0.1) is 12.5 Å². The number of carbonyl (C=O) groups excluding carboxylic acids is 1. The fourth-order valence-corrected chi connectivity index (χ4v) is 1.48. The van der Waals surface area contributed by atoms with Crippen molar-refractivity contribution in [3.63, 3.8) is 0 Å². The van der Waals surface area contributed by atoms with Crippen molar-refractivity contribution in [2.45, 2.75) is 6.92 Å². The third kappa shape index (κ3) is 1.48. The van der Waals surface area contributed by atoms with Gasteiger partial charge in [0, 0.05) is 0 Å². The summed E-state index contributed by atoms with van der Waals surface area (Å²) < 4.78 is 23.2. The molecule has 0 fully saturated rings. The van der Waals surface area contributed by atoms with E-state index in [4.69, 9.17) is 4.42 Å². The van der Waals surface area contributed by atoms with Crippen molar-refractivity contribution in [1.82, 2.24) is 0 Å². The molecule has 0 amide bonds. The summed E-state index contributed by atoms with van der Waals surface area (Å²) in [6, 6.07) is 4.13. The van der Waals surface area contributed by atoms with Gasteiger partial charge in [0.25, 0.3) is 0 Å². The maximum absolute atomic E-state index is 13.3. The lowest BCUT2D eigenvalue weighted by atomic mass is 10.1. The van der Waals surface area contributed by atoms with Crippen molar-refractivity contribution >= 4 is 16.9 Å². The van der Waals surface area contributed by atoms with Gasteiger partial charge in [0.2, 0.25) is 0 Å². The quantitative estimate of drug-likeness (QED) is 0.676. The van der Waals surface area contributed by atoms with Crippen molar-refractivity contribution < 1.29 is 18.3 Å². The maximum atomic E-state index is 13.3. The number of carbonyl (C=O) groups is 1. The Kier molecular flexibility index (Phi) is 2.19. The molecule has 0 aliphatic carbocycles. The molecule has 0 aliphatic rings. The highest BCUT2D eigenvalue weighted by Crippen LogP contribution is 2.25. The molecular formula is C11H9FO3. The number of hydrogen-bond acceptors (Lipinski definition) is 3. The normalized spacial score (nSPS) is 10.6. The number of rotatable bonds is 1. The summed E-state index contributed by atoms with van der Waals surface area (Å²) in [5.41, 5.74) is 0.473. The van der Waals surface area contributed by atoms with Crippen LogP contribution in [0.15, 0.2) is 22.6 Å². The summed E-state index contributed by atoms with van der Waals surface area (Å²) in [7, 11) is 1.27. The Bertz CT molecular complexity index is 528. The molecule has 2 aromatic rings. The van der Waals surface area contributed by atoms with E-state index in [-0.39, 0.29) is 11.1 Å². The zero-order chi connectivity index (χ0) is 11.0. The molecule has 78 valence electrons. The minimum atomic E-state index is -0.533. The largest absolute Gasteiger partial charge is 0.465 e. The number of hydrogen-bond donors (Lipinski definition) is 0. The van der Waals surface area contributed by atoms with Crippen LogP contribution < -0.4 is 0 Å². The lowest BCUT2D eigenvalue weighted by Gasteiger charge is -2.00. The van der Waals surface area contributed by atoms with Crippen LogP contribution >= 0.6 is 0 Å². The monoisotopic (exact) mass is 208 g/mol. The predicted molar refractivity (Wildman–Crippen MR) is 52.2 cm³/mol. The van der Waals surface area contributed by atoms with Crippen molar-refractivity contribution in [2.75, 3.05) is 7.11 Å². The molecule has 0 bridgehead atoms. The zero-order valence-corrected chi connectivity index (χ0v) is 8.33. The van der Waals surface area contributed by atoms with Crippen LogP contribution in [0.4, 0.5) is 4.39 Å². The number of esters is 1. The number of furan rings is 1. The van der Waals surface area contributed by atoms with E-state index >= 15 is 0 Å². The van der Waals surface area contributed by atoms with Gasteiger partial charge in [-0.1, -0.05) is 0 Å². The number of fused-ring (bicyclic) bond motifs is 1. The standard InChI is InChI=1S/C11H9FO3/c1-6-5-8-9(12)4-3-7(10(8)15-6)11(13)14-2/h3-5H,1-2H3. The van der Waals surface area contributed by atoms with Gasteiger partial charge in [-0.2, -0.15) is 0 Å². The second-order valence-electron chi connectivity index (χ2n) is 3.19. The average molecular weight is 208 g/mol. The van der Waals surface area contributed by atoms with Crippen LogP contribution in [0.5, 0.6) is 0 Å². The topological polar surface area (TPSA) is 39.4 Å². The molecule has 0 N–H and O–H groups in total. The minimum Gasteiger partial charge on any atom is -0.465 e. The van der Waals surface area contributed by atoms with Crippen LogP contribution in [-0.2, 0) is 4.74 Å². The molecule has 0 atom stereocenters. The molecule has 0 saturated carbocycles. The lowest BCUT2D eigenvalue weighted by Crippen LogP contribution is -2.01. The Morgan fingerprint density at radius 2 is 2.20 bits per heavy atom. The van der Waals surface area contributed by atoms with Crippen molar-refractivity contribution in [3.8, 4) is 0 Å². The van der Waals surface area contributed by atoms with Gasteiger partial charge >= 0.3 is 5.97 Å². The first-order valence-corrected chi connectivity index (χ1v) is 4.40. The summed E-state index contributed by atoms with van der Waals surface area (Å²) in [6.07, 6.45) is 0. The fourth-order valence-electron chi connectivity index (χ4n) is 1.48. The number of ether oxygens (including phenoxy) is 1. The highest BCUT2D eigenvalue weighted by molar-refractivity contribution is 6.02. The Balaban J connectivity index is 2.76. The van der Waals surface area contributed by atoms with Gasteiger partial charge in [-0.05, 0) is 25.1 Å². The van der Waals surface area contributed by atoms with Crippen LogP contribution in [0.3, 0.4) is 0 Å². The molecule has 0 saturated heterocycles. The summed E-state index contributed by atoms with van der Waals surface area (Å²) in [4.78, 5) is 11.3. The van der Waals surface area contributed by atoms with E-state index in [9.17, 15) is 9.18 Å². The molecule has 0 radical (unpaired) electrons. The zero-order valence-electron chi connectivity index (χ0n) is 8.33. The number of benzene rings is 1. The van der Waals surface area contributed by atoms with E-state index in [1.165, 1.54) is 19.2 Å². The summed E-state index contributed by atoms with van der Waals surface area (Å²) >= 11 is 0. The van der Waals surface area contributed by atoms with Gasteiger partial charge in [-0.15, -0.1) is 0 Å². The SMILES string of the molecule is COC(=O)c1ccc(F)c2cc(C)oc12. The second-order valence-corrected chi connectivity index (χ2v) is 3.19. The van der Waals surface area contributed by atoms with E-state index in [1.54, 1.807) is 13.0 Å². The predicted octanol–water partition coefficient (Wildman–Crippen LogP) is 2.67. The Morgan fingerprint density at radius 3 is 2.87 bits per heavy atom. The summed E-state index contributed by atoms with van der Waals surface area (Å²) in [5, 5.41) is 0.301. The Morgan fingerprint density at radius 1 is 1.47 bits per heavy atom. The second kappa shape index (κ2) is 3.38. The Hall–Kier alpha value is -1.84. The molecule has 1 aromatic carbocycles. The smallest absolute Gasteiger partial charge is 0.341 e. The lowest BCUT2D eigenvalue weighted by molar-refractivity contribution is 0.0601. The van der Waals surface area contributed by atoms with Crippen molar-refractivity contribution in [3.05, 3.63) is 35.3 Å². The van der Waals surface area contributed by atoms with Gasteiger partial charge in [-0.3, -0.25) is 0 Å². The van der Waals surface area contributed by atoms with E-state index in [0.717, 1.165) is 0 Å². The van der Waals surface area contributed by atoms with Gasteiger partial charge in [-0.25, -0.2) is 9.18 Å². The van der Waals surface area contributed by atoms with E-state index in [1.807, 2.05) is 0 Å². The number of methoxy groups -OCH3 is 1. The highest BCUT2D eigenvalue weighted by atomic mass is 19.1. The Labute approximate surface area is 85.4 Å². The highest BCUT2D eigenvalue weighted by Gasteiger charge is 2.16. The molecule has 3 nitrogen and oxygen atoms in total. The van der Waals surface area contributed by atoms with E-state index in [0.29, 0.717) is 11.1 Å².